The number of esters is 1. The van der Waals surface area contributed by atoms with E-state index >= 15 is 0 Å². The molecule has 2 aromatic rings. The molecule has 0 radical (unpaired) electrons. The maximum absolute atomic E-state index is 12.8. The molecule has 8 heteroatoms. The van der Waals surface area contributed by atoms with Crippen LogP contribution in [0, 0.1) is 0 Å². The van der Waals surface area contributed by atoms with Crippen LogP contribution in [0.4, 0.5) is 10.5 Å². The summed E-state index contributed by atoms with van der Waals surface area (Å²) in [6.07, 6.45) is 0.399. The van der Waals surface area contributed by atoms with E-state index in [1.54, 1.807) is 11.0 Å². The quantitative estimate of drug-likeness (QED) is 0.482. The molecule has 1 unspecified atom stereocenters. The zero-order chi connectivity index (χ0) is 26.5. The number of nitrogens with one attached hydrogen (secondary N) is 1. The van der Waals surface area contributed by atoms with Gasteiger partial charge in [0.2, 0.25) is 0 Å². The number of rotatable bonds is 8. The van der Waals surface area contributed by atoms with Gasteiger partial charge in [0.1, 0.15) is 5.60 Å². The average Bonchev–Trinajstić information content (AvgIpc) is 2.81. The minimum absolute atomic E-state index is 0.0136. The number of hydrogen-bond acceptors (Lipinski definition) is 7. The third-order valence-corrected chi connectivity index (χ3v) is 5.58. The zero-order valence-corrected chi connectivity index (χ0v) is 22.3. The Morgan fingerprint density at radius 3 is 2.44 bits per heavy atom. The van der Waals surface area contributed by atoms with Gasteiger partial charge in [-0.3, -0.25) is 0 Å². The van der Waals surface area contributed by atoms with Gasteiger partial charge >= 0.3 is 12.1 Å². The summed E-state index contributed by atoms with van der Waals surface area (Å²) in [5.41, 5.74) is 3.07. The fraction of sp³-hybridized carbons (Fsp3) is 0.500. The fourth-order valence-electron chi connectivity index (χ4n) is 4.02. The Bertz CT molecular complexity index is 1080. The summed E-state index contributed by atoms with van der Waals surface area (Å²) in [7, 11) is 1.36. The molecule has 0 fully saturated rings. The van der Waals surface area contributed by atoms with Crippen molar-refractivity contribution < 1.29 is 28.5 Å². The predicted molar refractivity (Wildman–Crippen MR) is 139 cm³/mol. The van der Waals surface area contributed by atoms with E-state index in [1.165, 1.54) is 12.7 Å². The highest BCUT2D eigenvalue weighted by molar-refractivity contribution is 5.81. The largest absolute Gasteiger partial charge is 0.490 e. The van der Waals surface area contributed by atoms with Gasteiger partial charge in [-0.15, -0.1) is 0 Å². The topological polar surface area (TPSA) is 86.3 Å². The van der Waals surface area contributed by atoms with Gasteiger partial charge in [0, 0.05) is 18.8 Å². The van der Waals surface area contributed by atoms with Gasteiger partial charge in [0.05, 0.1) is 19.8 Å². The molecule has 1 aliphatic rings. The molecule has 0 aliphatic carbocycles. The van der Waals surface area contributed by atoms with Crippen LogP contribution in [0.25, 0.3) is 0 Å². The van der Waals surface area contributed by atoms with E-state index in [-0.39, 0.29) is 12.2 Å². The predicted octanol–water partition coefficient (Wildman–Crippen LogP) is 5.49. The number of amides is 1. The summed E-state index contributed by atoms with van der Waals surface area (Å²) < 4.78 is 22.3. The van der Waals surface area contributed by atoms with Crippen LogP contribution in [0.5, 0.6) is 11.5 Å². The lowest BCUT2D eigenvalue weighted by molar-refractivity contribution is -0.141. The lowest BCUT2D eigenvalue weighted by Crippen LogP contribution is -2.39. The van der Waals surface area contributed by atoms with Crippen molar-refractivity contribution in [1.29, 1.82) is 0 Å². The van der Waals surface area contributed by atoms with Crippen molar-refractivity contribution in [1.82, 2.24) is 4.90 Å². The molecule has 0 saturated carbocycles. The minimum Gasteiger partial charge on any atom is -0.490 e. The fourth-order valence-corrected chi connectivity index (χ4v) is 4.02. The van der Waals surface area contributed by atoms with Crippen LogP contribution in [-0.2, 0) is 27.2 Å². The van der Waals surface area contributed by atoms with E-state index in [4.69, 9.17) is 18.9 Å². The number of hydrogen-bond donors (Lipinski definition) is 1. The van der Waals surface area contributed by atoms with E-state index in [2.05, 4.69) is 5.32 Å². The van der Waals surface area contributed by atoms with Crippen molar-refractivity contribution in [3.63, 3.8) is 0 Å². The molecule has 1 heterocycles. The van der Waals surface area contributed by atoms with Gasteiger partial charge in [0.25, 0.3) is 0 Å². The van der Waals surface area contributed by atoms with Crippen molar-refractivity contribution in [2.75, 3.05) is 25.6 Å². The summed E-state index contributed by atoms with van der Waals surface area (Å²) in [5, 5.41) is 3.30. The number of anilines is 1. The molecule has 1 aliphatic heterocycles. The third kappa shape index (κ3) is 7.06. The smallest absolute Gasteiger partial charge is 0.410 e. The highest BCUT2D eigenvalue weighted by Crippen LogP contribution is 2.34. The second-order valence-corrected chi connectivity index (χ2v) is 10.0. The molecular weight excluding hydrogens is 460 g/mol. The summed E-state index contributed by atoms with van der Waals surface area (Å²) in [6, 6.07) is 10.6. The van der Waals surface area contributed by atoms with Gasteiger partial charge < -0.3 is 29.2 Å². The molecule has 196 valence electrons. The first kappa shape index (κ1) is 27.2. The van der Waals surface area contributed by atoms with Crippen LogP contribution < -0.4 is 14.8 Å². The second-order valence-electron chi connectivity index (χ2n) is 10.0. The molecular formula is C28H38N2O6. The van der Waals surface area contributed by atoms with E-state index < -0.39 is 17.6 Å². The Balaban J connectivity index is 1.85. The number of carbonyl (C=O) groups excluding carboxylic acids is 2. The second kappa shape index (κ2) is 11.5. The minimum atomic E-state index is -0.758. The molecule has 0 bridgehead atoms. The summed E-state index contributed by atoms with van der Waals surface area (Å²) in [6.45, 7) is 12.9. The number of carbonyl (C=O) groups is 2. The molecule has 3 rings (SSSR count). The average molecular weight is 499 g/mol. The Morgan fingerprint density at radius 2 is 1.81 bits per heavy atom. The lowest BCUT2D eigenvalue weighted by atomic mass is 9.98. The molecule has 0 saturated heterocycles. The van der Waals surface area contributed by atoms with Crippen molar-refractivity contribution in [2.45, 2.75) is 72.3 Å². The lowest BCUT2D eigenvalue weighted by Gasteiger charge is -2.31. The summed E-state index contributed by atoms with van der Waals surface area (Å²) >= 11 is 0. The van der Waals surface area contributed by atoms with Gasteiger partial charge in [-0.25, -0.2) is 9.59 Å². The molecule has 2 aromatic carbocycles. The Morgan fingerprint density at radius 1 is 1.06 bits per heavy atom. The van der Waals surface area contributed by atoms with Crippen molar-refractivity contribution >= 4 is 17.7 Å². The summed E-state index contributed by atoms with van der Waals surface area (Å²) in [5.74, 6) is 0.760. The van der Waals surface area contributed by atoms with Gasteiger partial charge in [-0.05, 0) is 88.9 Å². The maximum Gasteiger partial charge on any atom is 0.410 e. The zero-order valence-electron chi connectivity index (χ0n) is 22.3. The first-order valence-corrected chi connectivity index (χ1v) is 12.4. The van der Waals surface area contributed by atoms with Crippen LogP contribution in [0.3, 0.4) is 0 Å². The van der Waals surface area contributed by atoms with Gasteiger partial charge in [-0.1, -0.05) is 12.1 Å². The SMILES string of the molecule is CCOc1cc(C(Nc2ccc3c(c2)CN(C(=O)OC(C)(C)C)CC3)C(=O)OC)ccc1OC(C)C. The van der Waals surface area contributed by atoms with Crippen molar-refractivity contribution in [2.24, 2.45) is 0 Å². The number of fused-ring (bicyclic) bond motifs is 1. The normalized spacial score (nSPS) is 14.1. The molecule has 1 amide bonds. The Kier molecular flexibility index (Phi) is 8.71. The molecule has 0 aromatic heterocycles. The highest BCUT2D eigenvalue weighted by atomic mass is 16.6. The van der Waals surface area contributed by atoms with Gasteiger partial charge in [-0.2, -0.15) is 0 Å². The Hall–Kier alpha value is -3.42. The maximum atomic E-state index is 12.8. The van der Waals surface area contributed by atoms with Crippen LogP contribution in [0.2, 0.25) is 0 Å². The molecule has 1 atom stereocenters. The van der Waals surface area contributed by atoms with E-state index in [0.29, 0.717) is 36.8 Å². The van der Waals surface area contributed by atoms with Crippen molar-refractivity contribution in [3.05, 3.63) is 53.1 Å². The van der Waals surface area contributed by atoms with Crippen LogP contribution in [0.1, 0.15) is 64.3 Å². The first-order chi connectivity index (χ1) is 17.0. The number of benzene rings is 2. The number of nitrogens with zero attached hydrogens (tertiary/aromatic N) is 1. The van der Waals surface area contributed by atoms with E-state index in [1.807, 2.05) is 71.9 Å². The van der Waals surface area contributed by atoms with Crippen LogP contribution >= 0.6 is 0 Å². The number of methoxy groups -OCH3 is 1. The molecule has 1 N–H and O–H groups in total. The number of ether oxygens (including phenoxy) is 4. The highest BCUT2D eigenvalue weighted by Gasteiger charge is 2.27. The van der Waals surface area contributed by atoms with Crippen LogP contribution in [-0.4, -0.2) is 48.9 Å². The first-order valence-electron chi connectivity index (χ1n) is 12.4. The molecule has 36 heavy (non-hydrogen) atoms. The van der Waals surface area contributed by atoms with E-state index in [9.17, 15) is 9.59 Å². The molecule has 8 nitrogen and oxygen atoms in total. The summed E-state index contributed by atoms with van der Waals surface area (Å²) in [4.78, 5) is 27.1. The van der Waals surface area contributed by atoms with Crippen molar-refractivity contribution in [3.8, 4) is 11.5 Å². The molecule has 0 spiro atoms. The van der Waals surface area contributed by atoms with Crippen LogP contribution in [0.15, 0.2) is 36.4 Å². The Labute approximate surface area is 213 Å². The third-order valence-electron chi connectivity index (χ3n) is 5.58. The van der Waals surface area contributed by atoms with Gasteiger partial charge in [0.15, 0.2) is 17.5 Å². The van der Waals surface area contributed by atoms with E-state index in [0.717, 1.165) is 17.7 Å². The standard InChI is InChI=1S/C28H38N2O6/c1-8-34-24-16-20(10-12-23(24)35-18(2)3)25(26(31)33-7)29-22-11-9-19-13-14-30(17-21(19)15-22)27(32)36-28(4,5)6/h9-12,15-16,18,25,29H,8,13-14,17H2,1-7H3. The monoisotopic (exact) mass is 498 g/mol.